The second kappa shape index (κ2) is 6.56. The third-order valence-electron chi connectivity index (χ3n) is 2.44. The Morgan fingerprint density at radius 2 is 1.79 bits per heavy atom. The van der Waals surface area contributed by atoms with Crippen LogP contribution in [0.3, 0.4) is 0 Å². The van der Waals surface area contributed by atoms with Crippen molar-refractivity contribution in [3.63, 3.8) is 0 Å². The van der Waals surface area contributed by atoms with Gasteiger partial charge < -0.3 is 10.6 Å². The Hall–Kier alpha value is -1.56. The Morgan fingerprint density at radius 1 is 1.21 bits per heavy atom. The minimum absolute atomic E-state index is 0.0825. The van der Waals surface area contributed by atoms with Crippen LogP contribution < -0.4 is 10.6 Å². The molecule has 0 saturated heterocycles. The maximum absolute atomic E-state index is 11.5. The number of carbonyl (C=O) groups excluding carboxylic acids is 1. The lowest BCUT2D eigenvalue weighted by molar-refractivity contribution is -0.119. The molecule has 1 amide bonds. The summed E-state index contributed by atoms with van der Waals surface area (Å²) < 4.78 is 22.5. The van der Waals surface area contributed by atoms with Crippen LogP contribution in [0.15, 0.2) is 29.2 Å². The number of nitrogens with one attached hydrogen (secondary N) is 2. The molecule has 0 heterocycles. The molecule has 0 atom stereocenters. The Bertz CT molecular complexity index is 521. The van der Waals surface area contributed by atoms with Gasteiger partial charge in [0.05, 0.1) is 11.4 Å². The van der Waals surface area contributed by atoms with Crippen molar-refractivity contribution >= 4 is 21.4 Å². The highest BCUT2D eigenvalue weighted by Crippen LogP contribution is 2.13. The molecule has 0 radical (unpaired) electrons. The summed E-state index contributed by atoms with van der Waals surface area (Å²) >= 11 is 0. The summed E-state index contributed by atoms with van der Waals surface area (Å²) in [5.41, 5.74) is 0.715. The first-order valence-electron chi connectivity index (χ1n) is 6.09. The number of sulfone groups is 1. The fourth-order valence-corrected chi connectivity index (χ4v) is 2.01. The Balaban J connectivity index is 2.48. The molecule has 0 aliphatic carbocycles. The van der Waals surface area contributed by atoms with Crippen molar-refractivity contribution in [3.05, 3.63) is 24.3 Å². The highest BCUT2D eigenvalue weighted by Gasteiger charge is 2.06. The molecule has 5 nitrogen and oxygen atoms in total. The molecule has 0 aromatic heterocycles. The quantitative estimate of drug-likeness (QED) is 0.825. The van der Waals surface area contributed by atoms with Crippen molar-refractivity contribution in [3.8, 4) is 0 Å². The topological polar surface area (TPSA) is 75.3 Å². The van der Waals surface area contributed by atoms with Crippen LogP contribution >= 0.6 is 0 Å². The first-order chi connectivity index (χ1) is 8.79. The smallest absolute Gasteiger partial charge is 0.239 e. The van der Waals surface area contributed by atoms with Gasteiger partial charge in [0.2, 0.25) is 5.91 Å². The van der Waals surface area contributed by atoms with Crippen LogP contribution in [-0.2, 0) is 14.6 Å². The van der Waals surface area contributed by atoms with Gasteiger partial charge in [0.1, 0.15) is 0 Å². The summed E-state index contributed by atoms with van der Waals surface area (Å²) in [5.74, 6) is 0.332. The number of carbonyl (C=O) groups is 1. The maximum Gasteiger partial charge on any atom is 0.239 e. The van der Waals surface area contributed by atoms with Crippen LogP contribution in [0.1, 0.15) is 13.8 Å². The number of hydrogen-bond acceptors (Lipinski definition) is 4. The minimum atomic E-state index is -3.18. The van der Waals surface area contributed by atoms with Crippen molar-refractivity contribution in [1.29, 1.82) is 0 Å². The third kappa shape index (κ3) is 5.74. The molecule has 0 spiro atoms. The SMILES string of the molecule is CC(C)CNC(=O)CNc1ccc(S(C)(=O)=O)cc1. The lowest BCUT2D eigenvalue weighted by Crippen LogP contribution is -2.32. The van der Waals surface area contributed by atoms with E-state index in [1.54, 1.807) is 12.1 Å². The van der Waals surface area contributed by atoms with Crippen molar-refractivity contribution in [1.82, 2.24) is 5.32 Å². The molecule has 2 N–H and O–H groups in total. The van der Waals surface area contributed by atoms with Gasteiger partial charge in [-0.25, -0.2) is 8.42 Å². The molecule has 1 rings (SSSR count). The molecule has 0 aliphatic heterocycles. The van der Waals surface area contributed by atoms with E-state index in [1.165, 1.54) is 12.1 Å². The van der Waals surface area contributed by atoms with E-state index in [9.17, 15) is 13.2 Å². The molecule has 1 aromatic rings. The lowest BCUT2D eigenvalue weighted by atomic mass is 10.2. The van der Waals surface area contributed by atoms with E-state index in [-0.39, 0.29) is 17.3 Å². The van der Waals surface area contributed by atoms with Gasteiger partial charge in [-0.05, 0) is 30.2 Å². The average Bonchev–Trinajstić information content (AvgIpc) is 2.33. The van der Waals surface area contributed by atoms with E-state index in [0.29, 0.717) is 18.2 Å². The van der Waals surface area contributed by atoms with Crippen LogP contribution in [-0.4, -0.2) is 33.7 Å². The third-order valence-corrected chi connectivity index (χ3v) is 3.57. The number of rotatable bonds is 6. The number of amides is 1. The van der Waals surface area contributed by atoms with Crippen molar-refractivity contribution in [2.24, 2.45) is 5.92 Å². The van der Waals surface area contributed by atoms with Crippen molar-refractivity contribution in [2.75, 3.05) is 24.7 Å². The molecule has 1 aromatic carbocycles. The maximum atomic E-state index is 11.5. The number of benzene rings is 1. The van der Waals surface area contributed by atoms with Crippen LogP contribution in [0.25, 0.3) is 0 Å². The Morgan fingerprint density at radius 3 is 2.26 bits per heavy atom. The number of anilines is 1. The zero-order valence-corrected chi connectivity index (χ0v) is 12.3. The molecule has 106 valence electrons. The molecule has 6 heteroatoms. The van der Waals surface area contributed by atoms with Crippen molar-refractivity contribution in [2.45, 2.75) is 18.7 Å². The Kier molecular flexibility index (Phi) is 5.35. The van der Waals surface area contributed by atoms with E-state index in [1.807, 2.05) is 13.8 Å². The molecule has 0 aliphatic rings. The normalized spacial score (nSPS) is 11.4. The van der Waals surface area contributed by atoms with Crippen LogP contribution in [0.2, 0.25) is 0 Å². The van der Waals surface area contributed by atoms with E-state index < -0.39 is 9.84 Å². The molecular weight excluding hydrogens is 264 g/mol. The van der Waals surface area contributed by atoms with Crippen LogP contribution in [0.4, 0.5) is 5.69 Å². The average molecular weight is 284 g/mol. The van der Waals surface area contributed by atoms with E-state index in [0.717, 1.165) is 6.26 Å². The number of hydrogen-bond donors (Lipinski definition) is 2. The van der Waals surface area contributed by atoms with E-state index >= 15 is 0 Å². The molecular formula is C13H20N2O3S. The molecule has 19 heavy (non-hydrogen) atoms. The fourth-order valence-electron chi connectivity index (χ4n) is 1.38. The van der Waals surface area contributed by atoms with Crippen molar-refractivity contribution < 1.29 is 13.2 Å². The van der Waals surface area contributed by atoms with Gasteiger partial charge in [0, 0.05) is 18.5 Å². The molecule has 0 saturated carbocycles. The summed E-state index contributed by atoms with van der Waals surface area (Å²) in [7, 11) is -3.18. The lowest BCUT2D eigenvalue weighted by Gasteiger charge is -2.09. The highest BCUT2D eigenvalue weighted by atomic mass is 32.2. The minimum Gasteiger partial charge on any atom is -0.376 e. The second-order valence-electron chi connectivity index (χ2n) is 4.85. The highest BCUT2D eigenvalue weighted by molar-refractivity contribution is 7.90. The summed E-state index contributed by atoms with van der Waals surface area (Å²) in [4.78, 5) is 11.7. The standard InChI is InChI=1S/C13H20N2O3S/c1-10(2)8-15-13(16)9-14-11-4-6-12(7-5-11)19(3,17)18/h4-7,10,14H,8-9H2,1-3H3,(H,15,16). The van der Waals surface area contributed by atoms with Gasteiger partial charge in [-0.3, -0.25) is 4.79 Å². The monoisotopic (exact) mass is 284 g/mol. The first-order valence-corrected chi connectivity index (χ1v) is 7.99. The second-order valence-corrected chi connectivity index (χ2v) is 6.86. The zero-order chi connectivity index (χ0) is 14.5. The predicted molar refractivity (Wildman–Crippen MR) is 75.9 cm³/mol. The van der Waals surface area contributed by atoms with Gasteiger partial charge in [-0.15, -0.1) is 0 Å². The van der Waals surface area contributed by atoms with Crippen LogP contribution in [0.5, 0.6) is 0 Å². The zero-order valence-electron chi connectivity index (χ0n) is 11.4. The fraction of sp³-hybridized carbons (Fsp3) is 0.462. The molecule has 0 bridgehead atoms. The predicted octanol–water partition coefficient (Wildman–Crippen LogP) is 1.27. The van der Waals surface area contributed by atoms with Gasteiger partial charge in [-0.2, -0.15) is 0 Å². The Labute approximate surface area is 114 Å². The van der Waals surface area contributed by atoms with E-state index in [4.69, 9.17) is 0 Å². The first kappa shape index (κ1) is 15.5. The van der Waals surface area contributed by atoms with Gasteiger partial charge in [0.15, 0.2) is 9.84 Å². The van der Waals surface area contributed by atoms with Gasteiger partial charge in [-0.1, -0.05) is 13.8 Å². The largest absolute Gasteiger partial charge is 0.376 e. The van der Waals surface area contributed by atoms with Gasteiger partial charge in [0.25, 0.3) is 0 Å². The summed E-state index contributed by atoms with van der Waals surface area (Å²) in [6.07, 6.45) is 1.16. The summed E-state index contributed by atoms with van der Waals surface area (Å²) in [6, 6.07) is 6.32. The van der Waals surface area contributed by atoms with E-state index in [2.05, 4.69) is 10.6 Å². The summed E-state index contributed by atoms with van der Waals surface area (Å²) in [6.45, 7) is 4.87. The van der Waals surface area contributed by atoms with Gasteiger partial charge >= 0.3 is 0 Å². The summed E-state index contributed by atoms with van der Waals surface area (Å²) in [5, 5.41) is 5.73. The molecule has 0 fully saturated rings. The van der Waals surface area contributed by atoms with Crippen LogP contribution in [0, 0.1) is 5.92 Å². The molecule has 0 unspecified atom stereocenters.